The summed E-state index contributed by atoms with van der Waals surface area (Å²) < 4.78 is 5.95. The van der Waals surface area contributed by atoms with E-state index in [2.05, 4.69) is 27.1 Å². The van der Waals surface area contributed by atoms with Crippen LogP contribution in [0, 0.1) is 5.92 Å². The van der Waals surface area contributed by atoms with E-state index >= 15 is 0 Å². The van der Waals surface area contributed by atoms with Crippen LogP contribution in [0.1, 0.15) is 49.8 Å². The highest BCUT2D eigenvalue weighted by Crippen LogP contribution is 2.35. The maximum Gasteiger partial charge on any atom is 0.347 e. The number of nitrogens with one attached hydrogen (secondary N) is 3. The maximum atomic E-state index is 13.6. The van der Waals surface area contributed by atoms with Crippen molar-refractivity contribution in [2.75, 3.05) is 39.3 Å². The van der Waals surface area contributed by atoms with Crippen molar-refractivity contribution in [1.29, 1.82) is 0 Å². The van der Waals surface area contributed by atoms with Crippen LogP contribution in [-0.2, 0) is 19.9 Å². The molecule has 0 spiro atoms. The zero-order valence-corrected chi connectivity index (χ0v) is 27.9. The molecule has 1 amide bonds. The molecule has 6 N–H and O–H groups in total. The van der Waals surface area contributed by atoms with Crippen molar-refractivity contribution in [3.05, 3.63) is 112 Å². The Hall–Kier alpha value is -4.55. The number of hydrogen-bond acceptors (Lipinski definition) is 9. The number of aromatic amines is 1. The molecule has 3 atom stereocenters. The minimum Gasteiger partial charge on any atom is -0.506 e. The number of pyridine rings is 1. The van der Waals surface area contributed by atoms with Crippen molar-refractivity contribution in [3.8, 4) is 5.75 Å². The van der Waals surface area contributed by atoms with Crippen LogP contribution in [0.4, 0.5) is 0 Å². The Morgan fingerprint density at radius 3 is 2.55 bits per heavy atom. The molecule has 0 aliphatic carbocycles. The Kier molecular flexibility index (Phi) is 11.8. The summed E-state index contributed by atoms with van der Waals surface area (Å²) in [6.45, 7) is 9.54. The molecule has 0 radical (unpaired) electrons. The Labute approximate surface area is 286 Å². The monoisotopic (exact) mass is 670 g/mol. The molecule has 260 valence electrons. The van der Waals surface area contributed by atoms with Gasteiger partial charge in [0.15, 0.2) is 0 Å². The normalized spacial score (nSPS) is 21.0. The second-order valence-corrected chi connectivity index (χ2v) is 12.9. The minimum absolute atomic E-state index is 0.0599. The molecule has 3 aromatic rings. The molecule has 1 aromatic heterocycles. The molecule has 3 saturated heterocycles. The fourth-order valence-corrected chi connectivity index (χ4v) is 6.55. The zero-order chi connectivity index (χ0) is 35.0. The predicted octanol–water partition coefficient (Wildman–Crippen LogP) is 3.34. The van der Waals surface area contributed by atoms with Crippen LogP contribution in [-0.4, -0.2) is 82.5 Å². The van der Waals surface area contributed by atoms with E-state index in [0.29, 0.717) is 54.1 Å². The predicted molar refractivity (Wildman–Crippen MR) is 188 cm³/mol. The summed E-state index contributed by atoms with van der Waals surface area (Å²) in [4.78, 5) is 42.7. The quantitative estimate of drug-likeness (QED) is 0.0616. The van der Waals surface area contributed by atoms with Crippen molar-refractivity contribution < 1.29 is 29.6 Å². The summed E-state index contributed by atoms with van der Waals surface area (Å²) in [5.74, 6) is -0.790. The van der Waals surface area contributed by atoms with E-state index in [0.717, 1.165) is 32.4 Å². The van der Waals surface area contributed by atoms with Gasteiger partial charge in [-0.05, 0) is 87.0 Å². The van der Waals surface area contributed by atoms with Gasteiger partial charge in [0, 0.05) is 36.7 Å². The minimum atomic E-state index is -1.98. The molecule has 4 heterocycles. The number of nitrogens with zero attached hydrogens (tertiary/aromatic N) is 1. The van der Waals surface area contributed by atoms with Gasteiger partial charge in [0.25, 0.3) is 5.91 Å². The van der Waals surface area contributed by atoms with Gasteiger partial charge in [0.2, 0.25) is 11.2 Å². The summed E-state index contributed by atoms with van der Waals surface area (Å²) >= 11 is 0. The van der Waals surface area contributed by atoms with E-state index in [4.69, 9.17) is 4.74 Å². The summed E-state index contributed by atoms with van der Waals surface area (Å²) in [6.07, 6.45) is 7.04. The van der Waals surface area contributed by atoms with Crippen molar-refractivity contribution in [2.45, 2.75) is 50.4 Å². The molecule has 11 nitrogen and oxygen atoms in total. The first-order valence-electron chi connectivity index (χ1n) is 16.9. The fraction of sp³-hybridized carbons (Fsp3) is 0.395. The van der Waals surface area contributed by atoms with Gasteiger partial charge in [-0.3, -0.25) is 14.5 Å². The van der Waals surface area contributed by atoms with Gasteiger partial charge in [0.05, 0.1) is 11.6 Å². The smallest absolute Gasteiger partial charge is 0.347 e. The van der Waals surface area contributed by atoms with Crippen LogP contribution in [0.3, 0.4) is 0 Å². The molecule has 1 unspecified atom stereocenters. The number of piperidine rings is 3. The molecule has 0 saturated carbocycles. The number of ether oxygens (including phenoxy) is 1. The molecule has 2 aromatic carbocycles. The third kappa shape index (κ3) is 8.55. The lowest BCUT2D eigenvalue weighted by Crippen LogP contribution is -2.53. The number of rotatable bonds is 15. The van der Waals surface area contributed by atoms with Crippen LogP contribution in [0.15, 0.2) is 95.3 Å². The van der Waals surface area contributed by atoms with Crippen LogP contribution < -0.4 is 16.2 Å². The van der Waals surface area contributed by atoms with Crippen LogP contribution in [0.25, 0.3) is 10.9 Å². The standard InChI is InChI=1S/C38H46N4O7/c1-25(36(46)40-20-7-6-19-39-23-32(44)29-13-15-31(43)35-30(29)14-16-34(45)41-35)9-8-10-26(2)38(48,28-11-4-3-5-12-28)37(47)49-33-24-42-21-17-27(33)18-22-42/h3-5,8-16,27,32-33,39,43-44,48H,1,6-7,17-24H2,2H3,(H,40,46)(H,41,45)/b9-8-,26-10+/t32-,33-,38?/m0/s1. The number of aromatic nitrogens is 1. The second kappa shape index (κ2) is 16.2. The molecular formula is C38H46N4O7. The van der Waals surface area contributed by atoms with E-state index < -0.39 is 17.7 Å². The molecule has 2 bridgehead atoms. The van der Waals surface area contributed by atoms with Crippen molar-refractivity contribution in [2.24, 2.45) is 5.92 Å². The number of unbranched alkanes of at least 4 members (excludes halogenated alkanes) is 1. The van der Waals surface area contributed by atoms with Gasteiger partial charge in [-0.15, -0.1) is 0 Å². The third-order valence-corrected chi connectivity index (χ3v) is 9.52. The average molecular weight is 671 g/mol. The summed E-state index contributed by atoms with van der Waals surface area (Å²) in [5.41, 5.74) is -0.438. The number of amides is 1. The Bertz CT molecular complexity index is 1760. The first kappa shape index (κ1) is 35.7. The van der Waals surface area contributed by atoms with Crippen molar-refractivity contribution in [1.82, 2.24) is 20.5 Å². The number of benzene rings is 2. The number of H-pyrrole nitrogens is 1. The van der Waals surface area contributed by atoms with Crippen LogP contribution in [0.5, 0.6) is 5.75 Å². The van der Waals surface area contributed by atoms with Gasteiger partial charge >= 0.3 is 5.97 Å². The Balaban J connectivity index is 1.07. The molecule has 49 heavy (non-hydrogen) atoms. The van der Waals surface area contributed by atoms with Gasteiger partial charge in [-0.2, -0.15) is 0 Å². The Morgan fingerprint density at radius 2 is 1.84 bits per heavy atom. The SMILES string of the molecule is C=C(/C=C\C=C(/C)C(O)(C(=O)O[C@H]1CN2CCC1CC2)c1ccccc1)C(=O)NCCCCNC[C@H](O)c1ccc(O)c2[nH]c(=O)ccc12. The number of phenols is 1. The van der Waals surface area contributed by atoms with Gasteiger partial charge in [-0.25, -0.2) is 4.79 Å². The highest BCUT2D eigenvalue weighted by Gasteiger charge is 2.45. The summed E-state index contributed by atoms with van der Waals surface area (Å²) in [5, 5.41) is 39.2. The number of esters is 1. The first-order chi connectivity index (χ1) is 23.6. The van der Waals surface area contributed by atoms with Crippen LogP contribution in [0.2, 0.25) is 0 Å². The lowest BCUT2D eigenvalue weighted by Gasteiger charge is -2.44. The third-order valence-electron chi connectivity index (χ3n) is 9.52. The molecule has 11 heteroatoms. The first-order valence-corrected chi connectivity index (χ1v) is 16.9. The number of allylic oxidation sites excluding steroid dienone is 2. The van der Waals surface area contributed by atoms with Crippen molar-refractivity contribution in [3.63, 3.8) is 0 Å². The molecule has 3 aliphatic rings. The zero-order valence-electron chi connectivity index (χ0n) is 27.9. The highest BCUT2D eigenvalue weighted by atomic mass is 16.6. The van der Waals surface area contributed by atoms with E-state index in [1.807, 2.05) is 6.07 Å². The van der Waals surface area contributed by atoms with E-state index in [-0.39, 0.29) is 41.0 Å². The van der Waals surface area contributed by atoms with Gasteiger partial charge in [0.1, 0.15) is 11.9 Å². The van der Waals surface area contributed by atoms with Crippen molar-refractivity contribution >= 4 is 22.8 Å². The van der Waals surface area contributed by atoms with E-state index in [9.17, 15) is 29.7 Å². The second-order valence-electron chi connectivity index (χ2n) is 12.9. The highest BCUT2D eigenvalue weighted by molar-refractivity contribution is 5.95. The fourth-order valence-electron chi connectivity index (χ4n) is 6.55. The largest absolute Gasteiger partial charge is 0.506 e. The summed E-state index contributed by atoms with van der Waals surface area (Å²) in [7, 11) is 0. The molecular weight excluding hydrogens is 624 g/mol. The number of fused-ring (bicyclic) bond motifs is 4. The number of carbonyl (C=O) groups is 2. The molecule has 3 fully saturated rings. The van der Waals surface area contributed by atoms with E-state index in [1.54, 1.807) is 55.5 Å². The molecule has 6 rings (SSSR count). The molecule has 3 aliphatic heterocycles. The van der Waals surface area contributed by atoms with Gasteiger partial charge < -0.3 is 35.7 Å². The number of aliphatic hydroxyl groups excluding tert-OH is 1. The maximum absolute atomic E-state index is 13.6. The summed E-state index contributed by atoms with van der Waals surface area (Å²) in [6, 6.07) is 14.8. The van der Waals surface area contributed by atoms with E-state index in [1.165, 1.54) is 18.2 Å². The Morgan fingerprint density at radius 1 is 1.10 bits per heavy atom. The average Bonchev–Trinajstić information content (AvgIpc) is 3.11. The lowest BCUT2D eigenvalue weighted by atomic mass is 9.84. The van der Waals surface area contributed by atoms with Gasteiger partial charge in [-0.1, -0.05) is 61.2 Å². The van der Waals surface area contributed by atoms with Crippen LogP contribution >= 0.6 is 0 Å². The number of phenolic OH excluding ortho intramolecular Hbond substituents is 1. The topological polar surface area (TPSA) is 164 Å². The number of aliphatic hydroxyl groups is 2. The number of aromatic hydroxyl groups is 1. The number of carbonyl (C=O) groups excluding carboxylic acids is 2. The lowest BCUT2D eigenvalue weighted by molar-refractivity contribution is -0.177. The number of hydrogen-bond donors (Lipinski definition) is 6.